The molecular formula is C12H25NO3. The molecule has 0 fully saturated rings. The van der Waals surface area contributed by atoms with Gasteiger partial charge in [-0.2, -0.15) is 0 Å². The summed E-state index contributed by atoms with van der Waals surface area (Å²) in [6.07, 6.45) is 7.16. The molecule has 1 N–H and O–H groups in total. The molecule has 0 aromatic heterocycles. The number of carboxylic acid groups (broad SMARTS) is 1. The summed E-state index contributed by atoms with van der Waals surface area (Å²) in [5.74, 6) is -0.978. The fourth-order valence-electron chi connectivity index (χ4n) is 1.82. The Labute approximate surface area is 98.4 Å². The van der Waals surface area contributed by atoms with Crippen molar-refractivity contribution in [2.45, 2.75) is 57.9 Å². The number of carbonyl (C=O) groups is 1. The molecule has 1 unspecified atom stereocenters. The lowest BCUT2D eigenvalue weighted by molar-refractivity contribution is -0.858. The second-order valence-corrected chi connectivity index (χ2v) is 4.84. The minimum absolute atomic E-state index is 0.484. The summed E-state index contributed by atoms with van der Waals surface area (Å²) >= 11 is 0. The van der Waals surface area contributed by atoms with Crippen molar-refractivity contribution in [3.63, 3.8) is 0 Å². The lowest BCUT2D eigenvalue weighted by Crippen LogP contribution is -2.48. The predicted octanol–water partition coefficient (Wildman–Crippen LogP) is 2.76. The Morgan fingerprint density at radius 2 is 1.69 bits per heavy atom. The Morgan fingerprint density at radius 3 is 2.12 bits per heavy atom. The fourth-order valence-corrected chi connectivity index (χ4v) is 1.82. The number of unbranched alkanes of at least 4 members (excludes halogenated alkanes) is 5. The van der Waals surface area contributed by atoms with Crippen molar-refractivity contribution in [2.24, 2.45) is 0 Å². The highest BCUT2D eigenvalue weighted by atomic mass is 16.5. The zero-order valence-corrected chi connectivity index (χ0v) is 10.7. The van der Waals surface area contributed by atoms with Gasteiger partial charge in [0.1, 0.15) is 0 Å². The molecule has 0 saturated heterocycles. The summed E-state index contributed by atoms with van der Waals surface area (Å²) in [5.41, 5.74) is 0. The van der Waals surface area contributed by atoms with Crippen LogP contribution in [0.2, 0.25) is 0 Å². The summed E-state index contributed by atoms with van der Waals surface area (Å²) in [5, 5.41) is 20.5. The summed E-state index contributed by atoms with van der Waals surface area (Å²) in [6.45, 7) is 2.16. The second kappa shape index (κ2) is 7.63. The van der Waals surface area contributed by atoms with Crippen LogP contribution in [0.15, 0.2) is 0 Å². The van der Waals surface area contributed by atoms with E-state index in [2.05, 4.69) is 6.92 Å². The van der Waals surface area contributed by atoms with Gasteiger partial charge in [0.2, 0.25) is 0 Å². The number of aliphatic carboxylic acids is 1. The van der Waals surface area contributed by atoms with E-state index < -0.39 is 16.7 Å². The van der Waals surface area contributed by atoms with Gasteiger partial charge in [-0.3, -0.25) is 0 Å². The van der Waals surface area contributed by atoms with Crippen LogP contribution in [0.3, 0.4) is 0 Å². The van der Waals surface area contributed by atoms with Gasteiger partial charge in [0.25, 0.3) is 0 Å². The minimum Gasteiger partial charge on any atom is -0.633 e. The van der Waals surface area contributed by atoms with E-state index in [4.69, 9.17) is 5.11 Å². The van der Waals surface area contributed by atoms with Gasteiger partial charge in [-0.25, -0.2) is 4.79 Å². The number of nitrogens with zero attached hydrogens (tertiary/aromatic N) is 1. The van der Waals surface area contributed by atoms with Crippen LogP contribution in [0.1, 0.15) is 51.9 Å². The van der Waals surface area contributed by atoms with Crippen LogP contribution >= 0.6 is 0 Å². The standard InChI is InChI=1S/C12H25NO3/c1-4-5-6-7-8-9-10-11(12(14)15)13(2,3)16/h11H,4-10H2,1-3H3,(H,14,15). The van der Waals surface area contributed by atoms with E-state index in [1.165, 1.54) is 33.4 Å². The SMILES string of the molecule is CCCCCCCCC(C(=O)O)[N+](C)(C)[O-]. The van der Waals surface area contributed by atoms with E-state index in [0.717, 1.165) is 19.3 Å². The number of hydrogen-bond donors (Lipinski definition) is 1. The number of likely N-dealkylation sites (N-methyl/N-ethyl adjacent to an activating group) is 1. The molecule has 0 aliphatic rings. The first-order valence-corrected chi connectivity index (χ1v) is 6.17. The molecule has 0 heterocycles. The van der Waals surface area contributed by atoms with Crippen molar-refractivity contribution >= 4 is 5.97 Å². The van der Waals surface area contributed by atoms with Gasteiger partial charge < -0.3 is 15.0 Å². The molecule has 0 radical (unpaired) electrons. The molecule has 0 amide bonds. The zero-order valence-electron chi connectivity index (χ0n) is 10.7. The third-order valence-electron chi connectivity index (χ3n) is 2.87. The number of carboxylic acids is 1. The molecule has 0 saturated carbocycles. The first kappa shape index (κ1) is 15.4. The zero-order chi connectivity index (χ0) is 12.6. The molecule has 4 nitrogen and oxygen atoms in total. The van der Waals surface area contributed by atoms with E-state index in [-0.39, 0.29) is 0 Å². The fraction of sp³-hybridized carbons (Fsp3) is 0.917. The molecule has 0 spiro atoms. The van der Waals surface area contributed by atoms with Gasteiger partial charge in [0.15, 0.2) is 6.04 Å². The van der Waals surface area contributed by atoms with Crippen molar-refractivity contribution in [3.05, 3.63) is 5.21 Å². The van der Waals surface area contributed by atoms with Gasteiger partial charge in [-0.15, -0.1) is 0 Å². The molecule has 0 aliphatic carbocycles. The number of hydrogen-bond acceptors (Lipinski definition) is 2. The summed E-state index contributed by atoms with van der Waals surface area (Å²) in [7, 11) is 2.80. The van der Waals surface area contributed by atoms with E-state index in [9.17, 15) is 10.0 Å². The van der Waals surface area contributed by atoms with Gasteiger partial charge in [0.05, 0.1) is 14.1 Å². The maximum atomic E-state index is 11.6. The molecular weight excluding hydrogens is 206 g/mol. The second-order valence-electron chi connectivity index (χ2n) is 4.84. The van der Waals surface area contributed by atoms with E-state index in [1.54, 1.807) is 0 Å². The van der Waals surface area contributed by atoms with Gasteiger partial charge in [0, 0.05) is 6.42 Å². The van der Waals surface area contributed by atoms with Crippen LogP contribution in [0.4, 0.5) is 0 Å². The lowest BCUT2D eigenvalue weighted by atomic mass is 10.0. The van der Waals surface area contributed by atoms with Gasteiger partial charge in [-0.1, -0.05) is 39.0 Å². The lowest BCUT2D eigenvalue weighted by Gasteiger charge is -2.39. The molecule has 1 atom stereocenters. The van der Waals surface area contributed by atoms with Crippen molar-refractivity contribution in [1.29, 1.82) is 0 Å². The Balaban J connectivity index is 3.75. The van der Waals surface area contributed by atoms with E-state index in [0.29, 0.717) is 6.42 Å². The molecule has 0 aliphatic heterocycles. The monoisotopic (exact) mass is 231 g/mol. The molecule has 16 heavy (non-hydrogen) atoms. The molecule has 96 valence electrons. The highest BCUT2D eigenvalue weighted by Crippen LogP contribution is 2.15. The first-order valence-electron chi connectivity index (χ1n) is 6.17. The number of rotatable bonds is 9. The molecule has 0 bridgehead atoms. The number of quaternary nitrogens is 1. The van der Waals surface area contributed by atoms with Crippen LogP contribution in [0.5, 0.6) is 0 Å². The molecule has 4 heteroatoms. The summed E-state index contributed by atoms with van der Waals surface area (Å²) in [4.78, 5) is 10.9. The third kappa shape index (κ3) is 6.80. The van der Waals surface area contributed by atoms with Gasteiger partial charge >= 0.3 is 5.97 Å². The average Bonchev–Trinajstić information content (AvgIpc) is 2.13. The van der Waals surface area contributed by atoms with Crippen molar-refractivity contribution < 1.29 is 14.5 Å². The number of hydroxylamine groups is 3. The normalized spacial score (nSPS) is 13.8. The highest BCUT2D eigenvalue weighted by molar-refractivity contribution is 5.72. The van der Waals surface area contributed by atoms with Crippen LogP contribution < -0.4 is 0 Å². The smallest absolute Gasteiger partial charge is 0.362 e. The molecule has 0 aromatic carbocycles. The van der Waals surface area contributed by atoms with E-state index >= 15 is 0 Å². The average molecular weight is 231 g/mol. The van der Waals surface area contributed by atoms with Gasteiger partial charge in [-0.05, 0) is 6.42 Å². The predicted molar refractivity (Wildman–Crippen MR) is 64.9 cm³/mol. The quantitative estimate of drug-likeness (QED) is 0.377. The molecule has 0 rings (SSSR count). The topological polar surface area (TPSA) is 60.4 Å². The first-order chi connectivity index (χ1) is 7.39. The Hall–Kier alpha value is -0.610. The third-order valence-corrected chi connectivity index (χ3v) is 2.87. The van der Waals surface area contributed by atoms with E-state index in [1.807, 2.05) is 0 Å². The minimum atomic E-state index is -0.978. The Bertz CT molecular complexity index is 199. The molecule has 0 aromatic rings. The highest BCUT2D eigenvalue weighted by Gasteiger charge is 2.27. The van der Waals surface area contributed by atoms with Crippen molar-refractivity contribution in [2.75, 3.05) is 14.1 Å². The summed E-state index contributed by atoms with van der Waals surface area (Å²) in [6, 6.07) is -0.814. The van der Waals surface area contributed by atoms with Crippen LogP contribution in [0.25, 0.3) is 0 Å². The Kier molecular flexibility index (Phi) is 7.34. The largest absolute Gasteiger partial charge is 0.633 e. The van der Waals surface area contributed by atoms with Crippen LogP contribution in [-0.2, 0) is 4.79 Å². The van der Waals surface area contributed by atoms with Crippen molar-refractivity contribution in [3.8, 4) is 0 Å². The maximum absolute atomic E-state index is 11.6. The maximum Gasteiger partial charge on any atom is 0.362 e. The Morgan fingerprint density at radius 1 is 1.19 bits per heavy atom. The van der Waals surface area contributed by atoms with Crippen LogP contribution in [-0.4, -0.2) is 35.9 Å². The summed E-state index contributed by atoms with van der Waals surface area (Å²) < 4.78 is -0.732. The van der Waals surface area contributed by atoms with Crippen LogP contribution in [0, 0.1) is 5.21 Å². The van der Waals surface area contributed by atoms with Crippen molar-refractivity contribution in [1.82, 2.24) is 0 Å².